The van der Waals surface area contributed by atoms with E-state index in [0.29, 0.717) is 18.5 Å². The van der Waals surface area contributed by atoms with Gasteiger partial charge in [0.15, 0.2) is 0 Å². The van der Waals surface area contributed by atoms with E-state index in [1.807, 2.05) is 24.3 Å². The molecule has 0 bridgehead atoms. The van der Waals surface area contributed by atoms with Crippen LogP contribution in [0.5, 0.6) is 11.5 Å². The molecular weight excluding hydrogens is 334 g/mol. The van der Waals surface area contributed by atoms with Crippen LogP contribution in [-0.4, -0.2) is 30.2 Å². The molecule has 0 aliphatic heterocycles. The molecule has 2 aromatic carbocycles. The number of anilines is 1. The first-order valence-corrected chi connectivity index (χ1v) is 8.21. The Kier molecular flexibility index (Phi) is 5.48. The molecule has 0 spiro atoms. The molecule has 0 fully saturated rings. The van der Waals surface area contributed by atoms with Gasteiger partial charge in [-0.3, -0.25) is 15.1 Å². The van der Waals surface area contributed by atoms with E-state index < -0.39 is 4.92 Å². The van der Waals surface area contributed by atoms with Gasteiger partial charge >= 0.3 is 0 Å². The lowest BCUT2D eigenvalue weighted by molar-refractivity contribution is -0.383. The van der Waals surface area contributed by atoms with Crippen LogP contribution < -0.4 is 14.8 Å². The van der Waals surface area contributed by atoms with E-state index in [2.05, 4.69) is 10.3 Å². The second-order valence-electron chi connectivity index (χ2n) is 5.61. The third-order valence-electron chi connectivity index (χ3n) is 3.96. The molecule has 0 unspecified atom stereocenters. The maximum absolute atomic E-state index is 11.1. The first-order valence-electron chi connectivity index (χ1n) is 8.21. The Morgan fingerprint density at radius 3 is 2.58 bits per heavy atom. The molecule has 1 aromatic heterocycles. The van der Waals surface area contributed by atoms with E-state index in [1.54, 1.807) is 25.4 Å². The number of nitrogens with zero attached hydrogens (tertiary/aromatic N) is 2. The average molecular weight is 353 g/mol. The Labute approximate surface area is 150 Å². The molecule has 7 nitrogen and oxygen atoms in total. The molecule has 0 saturated carbocycles. The maximum Gasteiger partial charge on any atom is 0.278 e. The molecule has 7 heteroatoms. The number of pyridine rings is 1. The van der Waals surface area contributed by atoms with Crippen LogP contribution in [0.25, 0.3) is 10.8 Å². The fraction of sp³-hybridized carbons (Fsp3) is 0.211. The van der Waals surface area contributed by atoms with Crippen molar-refractivity contribution in [3.05, 3.63) is 65.0 Å². The van der Waals surface area contributed by atoms with Crippen LogP contribution in [0, 0.1) is 10.1 Å². The third kappa shape index (κ3) is 4.00. The van der Waals surface area contributed by atoms with Gasteiger partial charge in [-0.1, -0.05) is 0 Å². The molecule has 3 aromatic rings. The van der Waals surface area contributed by atoms with Crippen molar-refractivity contribution in [2.45, 2.75) is 6.42 Å². The van der Waals surface area contributed by atoms with Crippen molar-refractivity contribution in [3.8, 4) is 11.5 Å². The number of hydrogen-bond acceptors (Lipinski definition) is 6. The number of fused-ring (bicyclic) bond motifs is 1. The molecule has 0 saturated heterocycles. The van der Waals surface area contributed by atoms with E-state index in [4.69, 9.17) is 9.47 Å². The predicted octanol–water partition coefficient (Wildman–Crippen LogP) is 4.03. The summed E-state index contributed by atoms with van der Waals surface area (Å²) in [5, 5.41) is 15.7. The van der Waals surface area contributed by atoms with Gasteiger partial charge in [0.25, 0.3) is 5.69 Å². The highest BCUT2D eigenvalue weighted by atomic mass is 16.6. The van der Waals surface area contributed by atoms with Gasteiger partial charge in [0, 0.05) is 36.1 Å². The number of aromatic nitrogens is 1. The zero-order valence-electron chi connectivity index (χ0n) is 14.3. The van der Waals surface area contributed by atoms with Crippen molar-refractivity contribution < 1.29 is 14.4 Å². The molecule has 134 valence electrons. The van der Waals surface area contributed by atoms with Crippen LogP contribution >= 0.6 is 0 Å². The summed E-state index contributed by atoms with van der Waals surface area (Å²) >= 11 is 0. The molecule has 0 radical (unpaired) electrons. The number of hydrogen-bond donors (Lipinski definition) is 1. The highest BCUT2D eigenvalue weighted by Crippen LogP contribution is 2.30. The zero-order chi connectivity index (χ0) is 18.4. The van der Waals surface area contributed by atoms with Crippen LogP contribution in [0.15, 0.2) is 54.9 Å². The minimum Gasteiger partial charge on any atom is -0.497 e. The second kappa shape index (κ2) is 8.15. The summed E-state index contributed by atoms with van der Waals surface area (Å²) in [5.74, 6) is 1.58. The van der Waals surface area contributed by atoms with Gasteiger partial charge in [0.2, 0.25) is 0 Å². The van der Waals surface area contributed by atoms with Gasteiger partial charge in [0.1, 0.15) is 11.5 Å². The highest BCUT2D eigenvalue weighted by Gasteiger charge is 2.13. The molecular formula is C19H19N3O4. The molecule has 0 amide bonds. The van der Waals surface area contributed by atoms with Crippen LogP contribution in [0.3, 0.4) is 0 Å². The van der Waals surface area contributed by atoms with Crippen molar-refractivity contribution in [1.82, 2.24) is 4.98 Å². The van der Waals surface area contributed by atoms with Crippen molar-refractivity contribution in [3.63, 3.8) is 0 Å². The fourth-order valence-corrected chi connectivity index (χ4v) is 2.65. The Balaban J connectivity index is 1.56. The van der Waals surface area contributed by atoms with Crippen molar-refractivity contribution in [2.75, 3.05) is 25.6 Å². The number of ether oxygens (including phenoxy) is 2. The number of rotatable bonds is 8. The molecule has 1 heterocycles. The first-order chi connectivity index (χ1) is 12.7. The Bertz CT molecular complexity index is 897. The van der Waals surface area contributed by atoms with Gasteiger partial charge < -0.3 is 14.8 Å². The summed E-state index contributed by atoms with van der Waals surface area (Å²) < 4.78 is 10.8. The van der Waals surface area contributed by atoms with E-state index in [0.717, 1.165) is 29.0 Å². The largest absolute Gasteiger partial charge is 0.497 e. The predicted molar refractivity (Wildman–Crippen MR) is 100.0 cm³/mol. The number of methoxy groups -OCH3 is 1. The number of nitro benzene ring substituents is 1. The topological polar surface area (TPSA) is 86.5 Å². The first kappa shape index (κ1) is 17.5. The smallest absolute Gasteiger partial charge is 0.278 e. The lowest BCUT2D eigenvalue weighted by Gasteiger charge is -2.11. The molecule has 0 aliphatic carbocycles. The van der Waals surface area contributed by atoms with E-state index in [9.17, 15) is 10.1 Å². The second-order valence-corrected chi connectivity index (χ2v) is 5.61. The Hall–Kier alpha value is -3.35. The lowest BCUT2D eigenvalue weighted by atomic mass is 10.1. The normalized spacial score (nSPS) is 10.5. The Morgan fingerprint density at radius 1 is 1.08 bits per heavy atom. The van der Waals surface area contributed by atoms with Crippen LogP contribution in [0.4, 0.5) is 11.4 Å². The lowest BCUT2D eigenvalue weighted by Crippen LogP contribution is -2.07. The van der Waals surface area contributed by atoms with E-state index in [1.165, 1.54) is 12.3 Å². The van der Waals surface area contributed by atoms with Gasteiger partial charge in [-0.25, -0.2) is 0 Å². The van der Waals surface area contributed by atoms with Gasteiger partial charge in [0.05, 0.1) is 24.0 Å². The van der Waals surface area contributed by atoms with E-state index >= 15 is 0 Å². The summed E-state index contributed by atoms with van der Waals surface area (Å²) in [6.07, 6.45) is 3.94. The van der Waals surface area contributed by atoms with Crippen LogP contribution in [0.1, 0.15) is 6.42 Å². The number of nitro groups is 1. The van der Waals surface area contributed by atoms with Crippen LogP contribution in [-0.2, 0) is 0 Å². The minimum atomic E-state index is -0.392. The highest BCUT2D eigenvalue weighted by molar-refractivity contribution is 5.99. The van der Waals surface area contributed by atoms with Crippen molar-refractivity contribution >= 4 is 22.1 Å². The van der Waals surface area contributed by atoms with Crippen LogP contribution in [0.2, 0.25) is 0 Å². The fourth-order valence-electron chi connectivity index (χ4n) is 2.65. The average Bonchev–Trinajstić information content (AvgIpc) is 2.68. The van der Waals surface area contributed by atoms with Crippen molar-refractivity contribution in [2.24, 2.45) is 0 Å². The summed E-state index contributed by atoms with van der Waals surface area (Å²) in [6, 6.07) is 12.4. The number of non-ortho nitro benzene ring substituents is 1. The monoisotopic (exact) mass is 353 g/mol. The number of benzene rings is 2. The SMILES string of the molecule is COc1ccc(OCCCNc2ccc([N+](=O)[O-])c3cnccc23)cc1. The summed E-state index contributed by atoms with van der Waals surface area (Å²) in [6.45, 7) is 1.25. The zero-order valence-corrected chi connectivity index (χ0v) is 14.3. The summed E-state index contributed by atoms with van der Waals surface area (Å²) in [4.78, 5) is 14.7. The molecule has 0 aliphatic rings. The standard InChI is InChI=1S/C19H19N3O4/c1-25-14-3-5-15(6-4-14)26-12-2-10-21-18-7-8-19(22(23)24)17-13-20-11-9-16(17)18/h3-9,11,13,21H,2,10,12H2,1H3. The number of nitrogens with one attached hydrogen (secondary N) is 1. The third-order valence-corrected chi connectivity index (χ3v) is 3.96. The van der Waals surface area contributed by atoms with E-state index in [-0.39, 0.29) is 5.69 Å². The molecule has 0 atom stereocenters. The Morgan fingerprint density at radius 2 is 1.85 bits per heavy atom. The van der Waals surface area contributed by atoms with Gasteiger partial charge in [-0.2, -0.15) is 0 Å². The quantitative estimate of drug-likeness (QED) is 0.374. The van der Waals surface area contributed by atoms with Gasteiger partial charge in [-0.05, 0) is 42.8 Å². The maximum atomic E-state index is 11.1. The summed E-state index contributed by atoms with van der Waals surface area (Å²) in [7, 11) is 1.62. The molecule has 26 heavy (non-hydrogen) atoms. The minimum absolute atomic E-state index is 0.0569. The van der Waals surface area contributed by atoms with Crippen molar-refractivity contribution in [1.29, 1.82) is 0 Å². The molecule has 3 rings (SSSR count). The molecule has 1 N–H and O–H groups in total. The van der Waals surface area contributed by atoms with Gasteiger partial charge in [-0.15, -0.1) is 0 Å². The summed E-state index contributed by atoms with van der Waals surface area (Å²) in [5.41, 5.74) is 0.902.